The molecule has 1 aromatic carbocycles. The fourth-order valence-corrected chi connectivity index (χ4v) is 5.25. The van der Waals surface area contributed by atoms with Gasteiger partial charge >= 0.3 is 0 Å². The zero-order valence-corrected chi connectivity index (χ0v) is 20.1. The number of hydrogen-bond acceptors (Lipinski definition) is 5. The van der Waals surface area contributed by atoms with Crippen LogP contribution in [0.15, 0.2) is 41.0 Å². The summed E-state index contributed by atoms with van der Waals surface area (Å²) in [5.74, 6) is -0.696. The van der Waals surface area contributed by atoms with E-state index in [4.69, 9.17) is 4.42 Å². The van der Waals surface area contributed by atoms with E-state index in [0.29, 0.717) is 28.6 Å². The Morgan fingerprint density at radius 2 is 1.89 bits per heavy atom. The number of carbonyl (C=O) groups is 3. The van der Waals surface area contributed by atoms with Crippen LogP contribution in [0.3, 0.4) is 0 Å². The average Bonchev–Trinajstić information content (AvgIpc) is 3.64. The minimum atomic E-state index is -0.667. The summed E-state index contributed by atoms with van der Waals surface area (Å²) < 4.78 is 7.14. The summed E-state index contributed by atoms with van der Waals surface area (Å²) >= 11 is 0. The van der Waals surface area contributed by atoms with Crippen molar-refractivity contribution in [3.05, 3.63) is 53.5 Å². The Bertz CT molecular complexity index is 1260. The van der Waals surface area contributed by atoms with Crippen molar-refractivity contribution in [1.82, 2.24) is 25.3 Å². The molecule has 3 heterocycles. The standard InChI is InChI=1S/C26H31N5O4/c1-3-16-12-21(30(2)29-16)24(32)28-18-13-22(25(33)27-17-8-4-5-9-17)31(14-18)26(34)20-15-35-23-11-7-6-10-19(20)23/h6-7,10-12,15,17-18,22H,3-5,8-9,13-14H2,1-2H3,(H,27,33)(H,28,32)/t18-,22+/m1/s1. The lowest BCUT2D eigenvalue weighted by molar-refractivity contribution is -0.125. The number of carbonyl (C=O) groups excluding carboxylic acids is 3. The minimum absolute atomic E-state index is 0.143. The number of fused-ring (bicyclic) bond motifs is 1. The van der Waals surface area contributed by atoms with Crippen molar-refractivity contribution in [2.45, 2.75) is 63.6 Å². The van der Waals surface area contributed by atoms with E-state index in [1.54, 1.807) is 22.7 Å². The molecule has 184 valence electrons. The van der Waals surface area contributed by atoms with Gasteiger partial charge in [-0.2, -0.15) is 5.10 Å². The van der Waals surface area contributed by atoms with Gasteiger partial charge in [0.1, 0.15) is 23.6 Å². The van der Waals surface area contributed by atoms with Crippen molar-refractivity contribution in [1.29, 1.82) is 0 Å². The quantitative estimate of drug-likeness (QED) is 0.567. The lowest BCUT2D eigenvalue weighted by Crippen LogP contribution is -2.48. The lowest BCUT2D eigenvalue weighted by Gasteiger charge is -2.25. The maximum Gasteiger partial charge on any atom is 0.269 e. The van der Waals surface area contributed by atoms with E-state index in [0.717, 1.165) is 37.8 Å². The van der Waals surface area contributed by atoms with Gasteiger partial charge in [-0.15, -0.1) is 0 Å². The zero-order chi connectivity index (χ0) is 24.5. The molecule has 0 spiro atoms. The van der Waals surface area contributed by atoms with Gasteiger partial charge in [0.15, 0.2) is 0 Å². The second kappa shape index (κ2) is 9.56. The number of benzene rings is 1. The molecule has 2 atom stereocenters. The Kier molecular flexibility index (Phi) is 6.32. The van der Waals surface area contributed by atoms with Gasteiger partial charge in [0.2, 0.25) is 5.91 Å². The Balaban J connectivity index is 1.37. The zero-order valence-electron chi connectivity index (χ0n) is 20.1. The number of likely N-dealkylation sites (tertiary alicyclic amines) is 1. The summed E-state index contributed by atoms with van der Waals surface area (Å²) in [5, 5.41) is 11.2. The molecule has 3 aromatic rings. The molecule has 1 saturated carbocycles. The number of para-hydroxylation sites is 1. The largest absolute Gasteiger partial charge is 0.463 e. The van der Waals surface area contributed by atoms with Crippen LogP contribution in [0.5, 0.6) is 0 Å². The van der Waals surface area contributed by atoms with Gasteiger partial charge in [-0.3, -0.25) is 19.1 Å². The SMILES string of the molecule is CCc1cc(C(=O)N[C@@H]2C[C@@H](C(=O)NC3CCCC3)N(C(=O)c3coc4ccccc34)C2)n(C)n1. The third-order valence-electron chi connectivity index (χ3n) is 7.14. The number of nitrogens with one attached hydrogen (secondary N) is 2. The fourth-order valence-electron chi connectivity index (χ4n) is 5.25. The molecule has 2 fully saturated rings. The molecule has 35 heavy (non-hydrogen) atoms. The molecule has 0 unspecified atom stereocenters. The fraction of sp³-hybridized carbons (Fsp3) is 0.462. The van der Waals surface area contributed by atoms with E-state index >= 15 is 0 Å². The molecule has 3 amide bonds. The van der Waals surface area contributed by atoms with Crippen LogP contribution < -0.4 is 10.6 Å². The second-order valence-corrected chi connectivity index (χ2v) is 9.51. The molecule has 2 aromatic heterocycles. The van der Waals surface area contributed by atoms with Crippen molar-refractivity contribution >= 4 is 28.7 Å². The Hall–Kier alpha value is -3.62. The van der Waals surface area contributed by atoms with Crippen LogP contribution in [-0.2, 0) is 18.3 Å². The molecular formula is C26H31N5O4. The van der Waals surface area contributed by atoms with E-state index in [2.05, 4.69) is 15.7 Å². The van der Waals surface area contributed by atoms with E-state index in [1.807, 2.05) is 31.2 Å². The highest BCUT2D eigenvalue weighted by Crippen LogP contribution is 2.27. The number of furan rings is 1. The Morgan fingerprint density at radius 1 is 1.11 bits per heavy atom. The number of hydrogen-bond donors (Lipinski definition) is 2. The first-order chi connectivity index (χ1) is 16.9. The monoisotopic (exact) mass is 477 g/mol. The summed E-state index contributed by atoms with van der Waals surface area (Å²) in [5.41, 5.74) is 2.33. The summed E-state index contributed by atoms with van der Waals surface area (Å²) in [6.45, 7) is 2.23. The molecule has 0 bridgehead atoms. The van der Waals surface area contributed by atoms with E-state index in [9.17, 15) is 14.4 Å². The highest BCUT2D eigenvalue weighted by atomic mass is 16.3. The Labute approximate surface area is 203 Å². The van der Waals surface area contributed by atoms with Crippen molar-refractivity contribution in [3.63, 3.8) is 0 Å². The molecule has 1 saturated heterocycles. The summed E-state index contributed by atoms with van der Waals surface area (Å²) in [6.07, 6.45) is 6.65. The topological polar surface area (TPSA) is 109 Å². The van der Waals surface area contributed by atoms with Crippen molar-refractivity contribution in [2.24, 2.45) is 7.05 Å². The highest BCUT2D eigenvalue weighted by molar-refractivity contribution is 6.07. The number of nitrogens with zero attached hydrogens (tertiary/aromatic N) is 3. The molecule has 0 radical (unpaired) electrons. The van der Waals surface area contributed by atoms with Crippen molar-refractivity contribution in [2.75, 3.05) is 6.54 Å². The van der Waals surface area contributed by atoms with Crippen LogP contribution in [-0.4, -0.2) is 57.1 Å². The third kappa shape index (κ3) is 4.54. The van der Waals surface area contributed by atoms with Crippen LogP contribution in [0.1, 0.15) is 65.6 Å². The maximum atomic E-state index is 13.6. The molecule has 5 rings (SSSR count). The second-order valence-electron chi connectivity index (χ2n) is 9.51. The molecular weight excluding hydrogens is 446 g/mol. The predicted octanol–water partition coefficient (Wildman–Crippen LogP) is 2.80. The molecule has 1 aliphatic heterocycles. The first-order valence-electron chi connectivity index (χ1n) is 12.4. The molecule has 9 heteroatoms. The number of aryl methyl sites for hydroxylation is 2. The molecule has 1 aliphatic carbocycles. The maximum absolute atomic E-state index is 13.6. The molecule has 2 N–H and O–H groups in total. The van der Waals surface area contributed by atoms with Gasteiger partial charge < -0.3 is 20.0 Å². The van der Waals surface area contributed by atoms with Gasteiger partial charge in [0.05, 0.1) is 11.3 Å². The molecule has 9 nitrogen and oxygen atoms in total. The van der Waals surface area contributed by atoms with E-state index in [-0.39, 0.29) is 36.3 Å². The molecule has 2 aliphatic rings. The normalized spacial score (nSPS) is 20.5. The van der Waals surface area contributed by atoms with Crippen LogP contribution >= 0.6 is 0 Å². The number of aromatic nitrogens is 2. The van der Waals surface area contributed by atoms with Gasteiger partial charge in [0, 0.05) is 31.1 Å². The minimum Gasteiger partial charge on any atom is -0.463 e. The van der Waals surface area contributed by atoms with Crippen LogP contribution in [0.2, 0.25) is 0 Å². The average molecular weight is 478 g/mol. The van der Waals surface area contributed by atoms with Crippen LogP contribution in [0.25, 0.3) is 11.0 Å². The van der Waals surface area contributed by atoms with E-state index in [1.165, 1.54) is 6.26 Å². The van der Waals surface area contributed by atoms with Gasteiger partial charge in [-0.1, -0.05) is 38.0 Å². The van der Waals surface area contributed by atoms with Crippen molar-refractivity contribution < 1.29 is 18.8 Å². The number of amides is 3. The lowest BCUT2D eigenvalue weighted by atomic mass is 10.1. The predicted molar refractivity (Wildman–Crippen MR) is 130 cm³/mol. The van der Waals surface area contributed by atoms with Gasteiger partial charge in [-0.05, 0) is 37.8 Å². The summed E-state index contributed by atoms with van der Waals surface area (Å²) in [7, 11) is 1.74. The first-order valence-corrected chi connectivity index (χ1v) is 12.4. The van der Waals surface area contributed by atoms with E-state index < -0.39 is 6.04 Å². The number of rotatable bonds is 6. The first kappa shape index (κ1) is 23.1. The van der Waals surface area contributed by atoms with Gasteiger partial charge in [-0.25, -0.2) is 0 Å². The Morgan fingerprint density at radius 3 is 2.63 bits per heavy atom. The smallest absolute Gasteiger partial charge is 0.269 e. The van der Waals surface area contributed by atoms with Crippen LogP contribution in [0, 0.1) is 0 Å². The summed E-state index contributed by atoms with van der Waals surface area (Å²) in [4.78, 5) is 41.5. The highest BCUT2D eigenvalue weighted by Gasteiger charge is 2.42. The van der Waals surface area contributed by atoms with Gasteiger partial charge in [0.25, 0.3) is 11.8 Å². The van der Waals surface area contributed by atoms with Crippen LogP contribution in [0.4, 0.5) is 0 Å². The van der Waals surface area contributed by atoms with Crippen molar-refractivity contribution in [3.8, 4) is 0 Å². The summed E-state index contributed by atoms with van der Waals surface area (Å²) in [6, 6.07) is 8.24. The third-order valence-corrected chi connectivity index (χ3v) is 7.14.